The fourth-order valence-corrected chi connectivity index (χ4v) is 2.21. The topological polar surface area (TPSA) is 47.6 Å². The number of carbonyl (C=O) groups excluding carboxylic acids is 1. The maximum atomic E-state index is 11.7. The quantitative estimate of drug-likeness (QED) is 0.843. The standard InChI is InChI=1S/C11H9Cl2NO3/c12-11(13)4-7(11)10(15)14-6-1-2-8-9(3-6)17-5-16-8/h1-3,7H,4-5H2,(H,14,15)/t7-/m0/s1. The third kappa shape index (κ3) is 2.03. The molecule has 17 heavy (non-hydrogen) atoms. The summed E-state index contributed by atoms with van der Waals surface area (Å²) < 4.78 is 9.48. The largest absolute Gasteiger partial charge is 0.454 e. The average Bonchev–Trinajstić information content (AvgIpc) is 2.73. The van der Waals surface area contributed by atoms with E-state index < -0.39 is 4.33 Å². The van der Waals surface area contributed by atoms with E-state index in [1.165, 1.54) is 0 Å². The Balaban J connectivity index is 1.71. The summed E-state index contributed by atoms with van der Waals surface area (Å²) in [5.74, 6) is 0.796. The van der Waals surface area contributed by atoms with Crippen molar-refractivity contribution in [1.82, 2.24) is 0 Å². The van der Waals surface area contributed by atoms with E-state index in [2.05, 4.69) is 5.32 Å². The first-order chi connectivity index (χ1) is 8.06. The lowest BCUT2D eigenvalue weighted by atomic mass is 10.2. The SMILES string of the molecule is O=C(Nc1ccc2c(c1)OCO2)[C@@H]1CC1(Cl)Cl. The maximum absolute atomic E-state index is 11.7. The Morgan fingerprint density at radius 1 is 1.35 bits per heavy atom. The van der Waals surface area contributed by atoms with Crippen LogP contribution in [-0.2, 0) is 4.79 Å². The minimum Gasteiger partial charge on any atom is -0.454 e. The zero-order valence-electron chi connectivity index (χ0n) is 8.70. The first-order valence-electron chi connectivity index (χ1n) is 5.14. The van der Waals surface area contributed by atoms with Gasteiger partial charge in [-0.25, -0.2) is 0 Å². The second kappa shape index (κ2) is 3.68. The van der Waals surface area contributed by atoms with E-state index in [0.29, 0.717) is 23.6 Å². The van der Waals surface area contributed by atoms with E-state index in [0.717, 1.165) is 0 Å². The Bertz CT molecular complexity index is 490. The summed E-state index contributed by atoms with van der Waals surface area (Å²) in [4.78, 5) is 11.7. The molecular weight excluding hydrogens is 265 g/mol. The molecule has 1 amide bonds. The highest BCUT2D eigenvalue weighted by atomic mass is 35.5. The number of rotatable bonds is 2. The first kappa shape index (κ1) is 11.0. The summed E-state index contributed by atoms with van der Waals surface area (Å²) >= 11 is 11.6. The van der Waals surface area contributed by atoms with Crippen molar-refractivity contribution in [3.8, 4) is 11.5 Å². The number of fused-ring (bicyclic) bond motifs is 1. The van der Waals surface area contributed by atoms with E-state index in [1.54, 1.807) is 18.2 Å². The number of halogens is 2. The molecule has 0 aromatic heterocycles. The third-order valence-corrected chi connectivity index (χ3v) is 3.62. The molecular formula is C11H9Cl2NO3. The Kier molecular flexibility index (Phi) is 2.38. The van der Waals surface area contributed by atoms with Gasteiger partial charge >= 0.3 is 0 Å². The molecule has 1 aliphatic carbocycles. The minimum atomic E-state index is -0.902. The van der Waals surface area contributed by atoms with Crippen LogP contribution in [0.15, 0.2) is 18.2 Å². The normalized spacial score (nSPS) is 23.3. The highest BCUT2D eigenvalue weighted by Gasteiger charge is 2.56. The number of benzene rings is 1. The summed E-state index contributed by atoms with van der Waals surface area (Å²) in [6, 6.07) is 5.21. The van der Waals surface area contributed by atoms with E-state index in [4.69, 9.17) is 32.7 Å². The predicted octanol–water partition coefficient (Wildman–Crippen LogP) is 2.55. The van der Waals surface area contributed by atoms with Crippen molar-refractivity contribution in [1.29, 1.82) is 0 Å². The van der Waals surface area contributed by atoms with Crippen LogP contribution in [0.5, 0.6) is 11.5 Å². The molecule has 0 radical (unpaired) electrons. The van der Waals surface area contributed by atoms with Crippen LogP contribution in [0.2, 0.25) is 0 Å². The molecule has 4 nitrogen and oxygen atoms in total. The molecule has 1 fully saturated rings. The van der Waals surface area contributed by atoms with Crippen LogP contribution in [0.1, 0.15) is 6.42 Å². The molecule has 1 heterocycles. The van der Waals surface area contributed by atoms with Gasteiger partial charge in [-0.05, 0) is 18.6 Å². The number of hydrogen-bond acceptors (Lipinski definition) is 3. The number of carbonyl (C=O) groups is 1. The summed E-state index contributed by atoms with van der Waals surface area (Å²) in [5.41, 5.74) is 0.648. The molecule has 0 unspecified atom stereocenters. The average molecular weight is 274 g/mol. The molecule has 2 aliphatic rings. The van der Waals surface area contributed by atoms with Crippen LogP contribution in [0.3, 0.4) is 0 Å². The van der Waals surface area contributed by atoms with Gasteiger partial charge in [0.05, 0.1) is 5.92 Å². The molecule has 3 rings (SSSR count). The summed E-state index contributed by atoms with van der Waals surface area (Å²) in [6.07, 6.45) is 0.493. The Morgan fingerprint density at radius 3 is 2.76 bits per heavy atom. The van der Waals surface area contributed by atoms with Crippen LogP contribution in [0.4, 0.5) is 5.69 Å². The van der Waals surface area contributed by atoms with E-state index in [1.807, 2.05) is 0 Å². The van der Waals surface area contributed by atoms with E-state index in [9.17, 15) is 4.79 Å². The van der Waals surface area contributed by atoms with Gasteiger partial charge in [0.15, 0.2) is 11.5 Å². The predicted molar refractivity (Wildman–Crippen MR) is 63.7 cm³/mol. The van der Waals surface area contributed by atoms with Crippen molar-refractivity contribution in [2.24, 2.45) is 5.92 Å². The Hall–Kier alpha value is -1.13. The zero-order valence-corrected chi connectivity index (χ0v) is 10.2. The lowest BCUT2D eigenvalue weighted by Crippen LogP contribution is -2.16. The van der Waals surface area contributed by atoms with Crippen molar-refractivity contribution >= 4 is 34.8 Å². The van der Waals surface area contributed by atoms with Gasteiger partial charge in [0.2, 0.25) is 12.7 Å². The molecule has 1 aromatic carbocycles. The van der Waals surface area contributed by atoms with Gasteiger partial charge in [-0.1, -0.05) is 0 Å². The van der Waals surface area contributed by atoms with Gasteiger partial charge in [0, 0.05) is 11.8 Å². The number of amides is 1. The molecule has 0 spiro atoms. The zero-order chi connectivity index (χ0) is 12.0. The molecule has 1 atom stereocenters. The second-order valence-corrected chi connectivity index (χ2v) is 5.62. The fourth-order valence-electron chi connectivity index (χ4n) is 1.70. The van der Waals surface area contributed by atoms with Crippen LogP contribution < -0.4 is 14.8 Å². The molecule has 0 saturated heterocycles. The number of anilines is 1. The van der Waals surface area contributed by atoms with Crippen molar-refractivity contribution in [2.45, 2.75) is 10.8 Å². The summed E-state index contributed by atoms with van der Waals surface area (Å²) in [7, 11) is 0. The minimum absolute atomic E-state index is 0.172. The molecule has 1 aliphatic heterocycles. The van der Waals surface area contributed by atoms with Crippen LogP contribution in [0, 0.1) is 5.92 Å². The van der Waals surface area contributed by atoms with Gasteiger partial charge in [-0.2, -0.15) is 0 Å². The highest BCUT2D eigenvalue weighted by molar-refractivity contribution is 6.52. The van der Waals surface area contributed by atoms with Gasteiger partial charge in [0.1, 0.15) is 4.33 Å². The van der Waals surface area contributed by atoms with Gasteiger partial charge < -0.3 is 14.8 Å². The molecule has 90 valence electrons. The van der Waals surface area contributed by atoms with Gasteiger partial charge in [0.25, 0.3) is 0 Å². The first-order valence-corrected chi connectivity index (χ1v) is 5.90. The second-order valence-electron chi connectivity index (χ2n) is 4.08. The maximum Gasteiger partial charge on any atom is 0.231 e. The molecule has 1 N–H and O–H groups in total. The Morgan fingerprint density at radius 2 is 2.06 bits per heavy atom. The van der Waals surface area contributed by atoms with Crippen LogP contribution in [0.25, 0.3) is 0 Å². The van der Waals surface area contributed by atoms with Crippen molar-refractivity contribution < 1.29 is 14.3 Å². The lowest BCUT2D eigenvalue weighted by molar-refractivity contribution is -0.117. The van der Waals surface area contributed by atoms with Crippen LogP contribution >= 0.6 is 23.2 Å². The van der Waals surface area contributed by atoms with Gasteiger partial charge in [-0.15, -0.1) is 23.2 Å². The number of hydrogen-bond donors (Lipinski definition) is 1. The molecule has 0 bridgehead atoms. The number of alkyl halides is 2. The van der Waals surface area contributed by atoms with Gasteiger partial charge in [-0.3, -0.25) is 4.79 Å². The van der Waals surface area contributed by atoms with Crippen molar-refractivity contribution in [3.05, 3.63) is 18.2 Å². The fraction of sp³-hybridized carbons (Fsp3) is 0.364. The van der Waals surface area contributed by atoms with Crippen molar-refractivity contribution in [2.75, 3.05) is 12.1 Å². The monoisotopic (exact) mass is 273 g/mol. The molecule has 6 heteroatoms. The third-order valence-electron chi connectivity index (χ3n) is 2.78. The van der Waals surface area contributed by atoms with Crippen molar-refractivity contribution in [3.63, 3.8) is 0 Å². The lowest BCUT2D eigenvalue weighted by Gasteiger charge is -2.05. The summed E-state index contributed by atoms with van der Waals surface area (Å²) in [5, 5.41) is 2.75. The number of nitrogens with one attached hydrogen (secondary N) is 1. The molecule has 1 saturated carbocycles. The van der Waals surface area contributed by atoms with Crippen LogP contribution in [-0.4, -0.2) is 17.0 Å². The summed E-state index contributed by atoms with van der Waals surface area (Å²) in [6.45, 7) is 0.210. The van der Waals surface area contributed by atoms with E-state index in [-0.39, 0.29) is 18.6 Å². The van der Waals surface area contributed by atoms with E-state index >= 15 is 0 Å². The Labute approximate surface area is 108 Å². The smallest absolute Gasteiger partial charge is 0.231 e. The highest BCUT2D eigenvalue weighted by Crippen LogP contribution is 2.53. The molecule has 1 aromatic rings. The number of ether oxygens (including phenoxy) is 2.